The lowest BCUT2D eigenvalue weighted by atomic mass is 10.2. The number of hydrogen-bond acceptors (Lipinski definition) is 4. The van der Waals surface area contributed by atoms with Gasteiger partial charge in [0.2, 0.25) is 0 Å². The fourth-order valence-corrected chi connectivity index (χ4v) is 0.956. The Labute approximate surface area is 81.1 Å². The zero-order chi connectivity index (χ0) is 10.9. The van der Waals surface area contributed by atoms with Crippen molar-refractivity contribution < 1.29 is 23.6 Å². The summed E-state index contributed by atoms with van der Waals surface area (Å²) < 4.78 is 36.6. The van der Waals surface area contributed by atoms with Gasteiger partial charge >= 0.3 is 6.18 Å². The summed E-state index contributed by atoms with van der Waals surface area (Å²) in [6, 6.07) is 0.468. The first kappa shape index (κ1) is 11.0. The van der Waals surface area contributed by atoms with E-state index in [2.05, 4.69) is 4.98 Å². The standard InChI is InChI=1S/C6H4ClF3N2O2/c7-5-4(6(8,9)10)1-3(2-11-5)12(13)14/h1-2,13-14H. The molecule has 0 aromatic carbocycles. The van der Waals surface area contributed by atoms with Gasteiger partial charge in [0.25, 0.3) is 0 Å². The molecule has 0 spiro atoms. The number of anilines is 1. The highest BCUT2D eigenvalue weighted by Crippen LogP contribution is 2.35. The minimum atomic E-state index is -4.68. The molecule has 4 nitrogen and oxygen atoms in total. The second kappa shape index (κ2) is 3.60. The fraction of sp³-hybridized carbons (Fsp3) is 0.167. The van der Waals surface area contributed by atoms with Crippen molar-refractivity contribution >= 4 is 17.3 Å². The fourth-order valence-electron chi connectivity index (χ4n) is 0.745. The molecule has 0 aliphatic rings. The molecule has 1 rings (SSSR count). The Bertz CT molecular complexity index is 342. The van der Waals surface area contributed by atoms with Crippen LogP contribution in [0.25, 0.3) is 0 Å². The maximum absolute atomic E-state index is 12.2. The second-order valence-corrected chi connectivity index (χ2v) is 2.68. The SMILES string of the molecule is ON(O)c1cnc(Cl)c(C(F)(F)F)c1. The molecule has 8 heteroatoms. The molecule has 0 bridgehead atoms. The Hall–Kier alpha value is -1.05. The normalized spacial score (nSPS) is 11.6. The molecule has 0 fully saturated rings. The van der Waals surface area contributed by atoms with Gasteiger partial charge in [0.15, 0.2) is 0 Å². The van der Waals surface area contributed by atoms with Crippen LogP contribution in [0.15, 0.2) is 12.3 Å². The van der Waals surface area contributed by atoms with Gasteiger partial charge in [0.1, 0.15) is 10.8 Å². The molecule has 2 N–H and O–H groups in total. The van der Waals surface area contributed by atoms with Crippen LogP contribution >= 0.6 is 11.6 Å². The Kier molecular flexibility index (Phi) is 2.84. The van der Waals surface area contributed by atoms with Gasteiger partial charge in [-0.25, -0.2) is 4.98 Å². The molecule has 0 radical (unpaired) electrons. The third-order valence-corrected chi connectivity index (χ3v) is 1.66. The first-order valence-electron chi connectivity index (χ1n) is 3.23. The van der Waals surface area contributed by atoms with Crippen molar-refractivity contribution in [3.63, 3.8) is 0 Å². The number of halogens is 4. The average molecular weight is 229 g/mol. The lowest BCUT2D eigenvalue weighted by Gasteiger charge is -2.12. The van der Waals surface area contributed by atoms with Crippen LogP contribution < -0.4 is 5.23 Å². The maximum Gasteiger partial charge on any atom is 0.419 e. The van der Waals surface area contributed by atoms with Crippen LogP contribution in [0.4, 0.5) is 18.9 Å². The zero-order valence-corrected chi connectivity index (χ0v) is 7.21. The van der Waals surface area contributed by atoms with Crippen molar-refractivity contribution in [1.82, 2.24) is 4.98 Å². The second-order valence-electron chi connectivity index (χ2n) is 2.32. The predicted molar refractivity (Wildman–Crippen MR) is 40.3 cm³/mol. The van der Waals surface area contributed by atoms with E-state index in [0.717, 1.165) is 6.20 Å². The minimum Gasteiger partial charge on any atom is -0.264 e. The van der Waals surface area contributed by atoms with Crippen LogP contribution in [0.1, 0.15) is 5.56 Å². The topological polar surface area (TPSA) is 56.6 Å². The Morgan fingerprint density at radius 3 is 2.36 bits per heavy atom. The first-order chi connectivity index (χ1) is 6.32. The number of aromatic nitrogens is 1. The highest BCUT2D eigenvalue weighted by Gasteiger charge is 2.34. The van der Waals surface area contributed by atoms with Crippen molar-refractivity contribution in [2.45, 2.75) is 6.18 Å². The molecule has 0 unspecified atom stereocenters. The van der Waals surface area contributed by atoms with Gasteiger partial charge in [-0.15, -0.1) is 5.23 Å². The van der Waals surface area contributed by atoms with E-state index in [4.69, 9.17) is 22.0 Å². The third-order valence-electron chi connectivity index (χ3n) is 1.36. The van der Waals surface area contributed by atoms with Gasteiger partial charge in [-0.05, 0) is 6.07 Å². The molecule has 1 heterocycles. The molecule has 1 aromatic heterocycles. The van der Waals surface area contributed by atoms with E-state index in [1.165, 1.54) is 0 Å². The van der Waals surface area contributed by atoms with E-state index >= 15 is 0 Å². The van der Waals surface area contributed by atoms with Gasteiger partial charge in [0, 0.05) is 0 Å². The van der Waals surface area contributed by atoms with Gasteiger partial charge in [-0.3, -0.25) is 10.4 Å². The largest absolute Gasteiger partial charge is 0.419 e. The first-order valence-corrected chi connectivity index (χ1v) is 3.61. The highest BCUT2D eigenvalue weighted by atomic mass is 35.5. The van der Waals surface area contributed by atoms with E-state index in [1.807, 2.05) is 0 Å². The molecule has 0 aliphatic carbocycles. The number of nitrogens with zero attached hydrogens (tertiary/aromatic N) is 2. The average Bonchev–Trinajstić information content (AvgIpc) is 2.02. The van der Waals surface area contributed by atoms with Crippen LogP contribution in [0, 0.1) is 0 Å². The minimum absolute atomic E-state index is 0.468. The molecule has 0 amide bonds. The third kappa shape index (κ3) is 2.25. The molecule has 78 valence electrons. The molecular formula is C6H4ClF3N2O2. The quantitative estimate of drug-likeness (QED) is 0.572. The predicted octanol–water partition coefficient (Wildman–Crippen LogP) is 2.34. The van der Waals surface area contributed by atoms with Crippen molar-refractivity contribution in [2.24, 2.45) is 0 Å². The van der Waals surface area contributed by atoms with Crippen LogP contribution in [-0.4, -0.2) is 15.4 Å². The van der Waals surface area contributed by atoms with Gasteiger partial charge in [0.05, 0.1) is 11.8 Å². The summed E-state index contributed by atoms with van der Waals surface area (Å²) in [4.78, 5) is 3.15. The Balaban J connectivity index is 3.22. The van der Waals surface area contributed by atoms with E-state index in [1.54, 1.807) is 0 Å². The van der Waals surface area contributed by atoms with Crippen molar-refractivity contribution in [1.29, 1.82) is 0 Å². The smallest absolute Gasteiger partial charge is 0.264 e. The number of alkyl halides is 3. The van der Waals surface area contributed by atoms with Gasteiger partial charge in [-0.2, -0.15) is 13.2 Å². The molecule has 0 saturated carbocycles. The number of rotatable bonds is 1. The summed E-state index contributed by atoms with van der Waals surface area (Å²) in [5.74, 6) is 0. The summed E-state index contributed by atoms with van der Waals surface area (Å²) in [6.45, 7) is 0. The van der Waals surface area contributed by atoms with Crippen LogP contribution in [-0.2, 0) is 6.18 Å². The van der Waals surface area contributed by atoms with Crippen LogP contribution in [0.2, 0.25) is 5.15 Å². The number of hydrogen-bond donors (Lipinski definition) is 2. The summed E-state index contributed by atoms with van der Waals surface area (Å²) in [6.07, 6.45) is -3.90. The van der Waals surface area contributed by atoms with Crippen molar-refractivity contribution in [3.05, 3.63) is 23.0 Å². The van der Waals surface area contributed by atoms with Crippen molar-refractivity contribution in [3.8, 4) is 0 Å². The van der Waals surface area contributed by atoms with Gasteiger partial charge in [-0.1, -0.05) is 11.6 Å². The van der Waals surface area contributed by atoms with Crippen LogP contribution in [0.5, 0.6) is 0 Å². The summed E-state index contributed by atoms with van der Waals surface area (Å²) >= 11 is 5.17. The van der Waals surface area contributed by atoms with Gasteiger partial charge < -0.3 is 0 Å². The number of pyridine rings is 1. The van der Waals surface area contributed by atoms with Crippen LogP contribution in [0.3, 0.4) is 0 Å². The zero-order valence-electron chi connectivity index (χ0n) is 6.46. The molecular weight excluding hydrogens is 225 g/mol. The summed E-state index contributed by atoms with van der Waals surface area (Å²) in [5, 5.41) is 15.7. The molecule has 14 heavy (non-hydrogen) atoms. The highest BCUT2D eigenvalue weighted by molar-refractivity contribution is 6.30. The van der Waals surface area contributed by atoms with E-state index in [-0.39, 0.29) is 0 Å². The van der Waals surface area contributed by atoms with E-state index in [9.17, 15) is 13.2 Å². The summed E-state index contributed by atoms with van der Waals surface area (Å²) in [7, 11) is 0. The van der Waals surface area contributed by atoms with E-state index < -0.39 is 27.8 Å². The molecule has 0 atom stereocenters. The Morgan fingerprint density at radius 2 is 1.93 bits per heavy atom. The summed E-state index contributed by atoms with van der Waals surface area (Å²) in [5.41, 5.74) is -1.76. The molecule has 0 saturated heterocycles. The molecule has 0 aliphatic heterocycles. The Morgan fingerprint density at radius 1 is 1.36 bits per heavy atom. The maximum atomic E-state index is 12.2. The van der Waals surface area contributed by atoms with E-state index in [0.29, 0.717) is 6.07 Å². The lowest BCUT2D eigenvalue weighted by molar-refractivity contribution is -0.137. The van der Waals surface area contributed by atoms with Crippen molar-refractivity contribution in [2.75, 3.05) is 5.23 Å². The molecule has 1 aromatic rings. The lowest BCUT2D eigenvalue weighted by Crippen LogP contribution is -2.14. The monoisotopic (exact) mass is 228 g/mol.